The van der Waals surface area contributed by atoms with Gasteiger partial charge in [-0.3, -0.25) is 0 Å². The molecule has 0 saturated heterocycles. The van der Waals surface area contributed by atoms with Crippen LogP contribution in [0, 0.1) is 6.92 Å². The number of para-hydroxylation sites is 2. The minimum Gasteiger partial charge on any atom is -0.355 e. The zero-order chi connectivity index (χ0) is 13.5. The van der Waals surface area contributed by atoms with Crippen molar-refractivity contribution in [2.45, 2.75) is 19.4 Å². The van der Waals surface area contributed by atoms with Gasteiger partial charge in [0.05, 0.1) is 11.0 Å². The van der Waals surface area contributed by atoms with Crippen LogP contribution in [0.15, 0.2) is 48.5 Å². The summed E-state index contributed by atoms with van der Waals surface area (Å²) in [6, 6.07) is 17.2. The molecule has 4 rings (SSSR count). The van der Waals surface area contributed by atoms with Gasteiger partial charge in [-0.1, -0.05) is 42.0 Å². The number of anilines is 1. The minimum absolute atomic E-state index is 0.501. The second-order valence-corrected chi connectivity index (χ2v) is 5.52. The molecule has 2 aromatic carbocycles. The Bertz CT molecular complexity index is 756. The largest absolute Gasteiger partial charge is 0.355 e. The molecule has 0 fully saturated rings. The van der Waals surface area contributed by atoms with Crippen LogP contribution in [0.1, 0.15) is 17.0 Å². The zero-order valence-corrected chi connectivity index (χ0v) is 11.5. The van der Waals surface area contributed by atoms with E-state index in [0.717, 1.165) is 24.6 Å². The fraction of sp³-hybridized carbons (Fsp3) is 0.235. The number of aryl methyl sites for hydroxylation is 1. The molecule has 1 N–H and O–H groups in total. The molecule has 3 heteroatoms. The number of rotatable bonds is 1. The van der Waals surface area contributed by atoms with E-state index in [1.807, 2.05) is 6.07 Å². The highest BCUT2D eigenvalue weighted by atomic mass is 15.2. The molecule has 100 valence electrons. The molecule has 1 aromatic heterocycles. The molecule has 1 aliphatic rings. The summed E-state index contributed by atoms with van der Waals surface area (Å²) in [6.45, 7) is 4.07. The van der Waals surface area contributed by atoms with Crippen molar-refractivity contribution >= 4 is 17.0 Å². The average molecular weight is 263 g/mol. The third-order valence-corrected chi connectivity index (χ3v) is 4.11. The Labute approximate surface area is 118 Å². The van der Waals surface area contributed by atoms with Gasteiger partial charge in [-0.15, -0.1) is 0 Å². The first-order valence-corrected chi connectivity index (χ1v) is 7.07. The second-order valence-electron chi connectivity index (χ2n) is 5.52. The average Bonchev–Trinajstić information content (AvgIpc) is 2.86. The van der Waals surface area contributed by atoms with E-state index >= 15 is 0 Å². The molecule has 0 amide bonds. The van der Waals surface area contributed by atoms with Crippen molar-refractivity contribution < 1.29 is 0 Å². The summed E-state index contributed by atoms with van der Waals surface area (Å²) in [7, 11) is 0. The molecule has 2 heterocycles. The maximum atomic E-state index is 4.65. The van der Waals surface area contributed by atoms with E-state index in [-0.39, 0.29) is 0 Å². The molecule has 0 aliphatic carbocycles. The number of fused-ring (bicyclic) bond motifs is 3. The summed E-state index contributed by atoms with van der Waals surface area (Å²) >= 11 is 0. The summed E-state index contributed by atoms with van der Waals surface area (Å²) in [5.41, 5.74) is 4.99. The Balaban J connectivity index is 1.73. The van der Waals surface area contributed by atoms with Gasteiger partial charge < -0.3 is 9.88 Å². The van der Waals surface area contributed by atoms with Crippen molar-refractivity contribution in [2.24, 2.45) is 0 Å². The third kappa shape index (κ3) is 1.78. The highest BCUT2D eigenvalue weighted by Gasteiger charge is 2.22. The predicted octanol–water partition coefficient (Wildman–Crippen LogP) is 3.55. The fourth-order valence-corrected chi connectivity index (χ4v) is 2.96. The van der Waals surface area contributed by atoms with Crippen LogP contribution in [-0.2, 0) is 6.54 Å². The topological polar surface area (TPSA) is 29.9 Å². The van der Waals surface area contributed by atoms with Crippen molar-refractivity contribution in [2.75, 3.05) is 11.9 Å². The molecular weight excluding hydrogens is 246 g/mol. The summed E-state index contributed by atoms with van der Waals surface area (Å²) in [5.74, 6) is 1.50. The van der Waals surface area contributed by atoms with Crippen molar-refractivity contribution in [3.8, 4) is 0 Å². The van der Waals surface area contributed by atoms with Crippen LogP contribution in [0.2, 0.25) is 0 Å². The van der Waals surface area contributed by atoms with Crippen LogP contribution in [-0.4, -0.2) is 16.1 Å². The molecule has 0 saturated carbocycles. The second kappa shape index (κ2) is 4.37. The van der Waals surface area contributed by atoms with Gasteiger partial charge in [-0.2, -0.15) is 0 Å². The van der Waals surface area contributed by atoms with Gasteiger partial charge in [-0.25, -0.2) is 4.98 Å². The number of hydrogen-bond donors (Lipinski definition) is 1. The molecule has 1 aliphatic heterocycles. The molecule has 20 heavy (non-hydrogen) atoms. The number of benzene rings is 2. The van der Waals surface area contributed by atoms with E-state index in [4.69, 9.17) is 0 Å². The van der Waals surface area contributed by atoms with Crippen LogP contribution >= 0.6 is 0 Å². The number of hydrogen-bond acceptors (Lipinski definition) is 2. The van der Waals surface area contributed by atoms with E-state index < -0.39 is 0 Å². The Morgan fingerprint density at radius 1 is 1.10 bits per heavy atom. The van der Waals surface area contributed by atoms with Gasteiger partial charge in [0.25, 0.3) is 0 Å². The van der Waals surface area contributed by atoms with Gasteiger partial charge in [0.1, 0.15) is 0 Å². The summed E-state index contributed by atoms with van der Waals surface area (Å²) in [6.07, 6.45) is 0. The molecule has 0 bridgehead atoms. The monoisotopic (exact) mass is 263 g/mol. The van der Waals surface area contributed by atoms with E-state index in [1.165, 1.54) is 16.6 Å². The van der Waals surface area contributed by atoms with Gasteiger partial charge >= 0.3 is 0 Å². The van der Waals surface area contributed by atoms with Gasteiger partial charge in [0, 0.05) is 19.0 Å². The molecular formula is C17H17N3. The molecule has 1 atom stereocenters. The van der Waals surface area contributed by atoms with Gasteiger partial charge in [0.15, 0.2) is 0 Å². The molecule has 0 radical (unpaired) electrons. The first kappa shape index (κ1) is 11.5. The third-order valence-electron chi connectivity index (χ3n) is 4.11. The van der Waals surface area contributed by atoms with Gasteiger partial charge in [-0.05, 0) is 24.6 Å². The van der Waals surface area contributed by atoms with Crippen molar-refractivity contribution in [1.82, 2.24) is 9.55 Å². The lowest BCUT2D eigenvalue weighted by Gasteiger charge is -2.26. The minimum atomic E-state index is 0.501. The maximum Gasteiger partial charge on any atom is 0.203 e. The Kier molecular flexibility index (Phi) is 2.52. The number of aromatic nitrogens is 2. The summed E-state index contributed by atoms with van der Waals surface area (Å²) in [5, 5.41) is 3.47. The predicted molar refractivity (Wildman–Crippen MR) is 82.1 cm³/mol. The Hall–Kier alpha value is -2.29. The van der Waals surface area contributed by atoms with Gasteiger partial charge in [0.2, 0.25) is 5.95 Å². The Morgan fingerprint density at radius 3 is 2.75 bits per heavy atom. The first-order valence-electron chi connectivity index (χ1n) is 7.07. The van der Waals surface area contributed by atoms with E-state index in [2.05, 4.69) is 64.3 Å². The normalized spacial score (nSPS) is 17.8. The molecule has 0 spiro atoms. The number of nitrogens with zero attached hydrogens (tertiary/aromatic N) is 2. The SMILES string of the molecule is Cc1ccc(C2CNc3nc4ccccc4n3C2)cc1. The van der Waals surface area contributed by atoms with E-state index in [9.17, 15) is 0 Å². The number of nitrogens with one attached hydrogen (secondary N) is 1. The molecule has 1 unspecified atom stereocenters. The Morgan fingerprint density at radius 2 is 1.90 bits per heavy atom. The molecule has 3 nitrogen and oxygen atoms in total. The highest BCUT2D eigenvalue weighted by molar-refractivity contribution is 5.78. The summed E-state index contributed by atoms with van der Waals surface area (Å²) in [4.78, 5) is 4.65. The zero-order valence-electron chi connectivity index (χ0n) is 11.5. The fourth-order valence-electron chi connectivity index (χ4n) is 2.96. The van der Waals surface area contributed by atoms with Crippen LogP contribution < -0.4 is 5.32 Å². The molecule has 3 aromatic rings. The van der Waals surface area contributed by atoms with Crippen LogP contribution in [0.3, 0.4) is 0 Å². The van der Waals surface area contributed by atoms with Crippen LogP contribution in [0.4, 0.5) is 5.95 Å². The lowest BCUT2D eigenvalue weighted by atomic mass is 9.97. The smallest absolute Gasteiger partial charge is 0.203 e. The first-order chi connectivity index (χ1) is 9.81. The summed E-state index contributed by atoms with van der Waals surface area (Å²) < 4.78 is 2.29. The van der Waals surface area contributed by atoms with Crippen molar-refractivity contribution in [3.63, 3.8) is 0 Å². The lowest BCUT2D eigenvalue weighted by Crippen LogP contribution is -2.25. The number of imidazole rings is 1. The van der Waals surface area contributed by atoms with Crippen molar-refractivity contribution in [3.05, 3.63) is 59.7 Å². The van der Waals surface area contributed by atoms with Crippen LogP contribution in [0.5, 0.6) is 0 Å². The highest BCUT2D eigenvalue weighted by Crippen LogP contribution is 2.29. The van der Waals surface area contributed by atoms with E-state index in [1.54, 1.807) is 0 Å². The maximum absolute atomic E-state index is 4.65. The van der Waals surface area contributed by atoms with Crippen molar-refractivity contribution in [1.29, 1.82) is 0 Å². The lowest BCUT2D eigenvalue weighted by molar-refractivity contribution is 0.559. The van der Waals surface area contributed by atoms with Crippen LogP contribution in [0.25, 0.3) is 11.0 Å². The van der Waals surface area contributed by atoms with E-state index in [0.29, 0.717) is 5.92 Å². The quantitative estimate of drug-likeness (QED) is 0.727. The standard InChI is InChI=1S/C17H17N3/c1-12-6-8-13(9-7-12)14-10-18-17-19-15-4-2-3-5-16(15)20(17)11-14/h2-9,14H,10-11H2,1H3,(H,18,19).